The van der Waals surface area contributed by atoms with Gasteiger partial charge in [-0.3, -0.25) is 4.79 Å². The number of benzene rings is 1. The maximum atomic E-state index is 11.6. The van der Waals surface area contributed by atoms with Gasteiger partial charge in [-0.2, -0.15) is 0 Å². The lowest BCUT2D eigenvalue weighted by molar-refractivity contribution is -0.121. The summed E-state index contributed by atoms with van der Waals surface area (Å²) in [7, 11) is 0. The molecule has 1 rings (SSSR count). The van der Waals surface area contributed by atoms with Gasteiger partial charge < -0.3 is 10.4 Å². The minimum absolute atomic E-state index is 0.0385. The first kappa shape index (κ1) is 13.7. The lowest BCUT2D eigenvalue weighted by atomic mass is 10.1. The van der Waals surface area contributed by atoms with Crippen LogP contribution in [0, 0.1) is 6.92 Å². The molecule has 2 N–H and O–H groups in total. The second-order valence-corrected chi connectivity index (χ2v) is 4.38. The van der Waals surface area contributed by atoms with Crippen LogP contribution in [0.4, 0.5) is 0 Å². The summed E-state index contributed by atoms with van der Waals surface area (Å²) in [6.45, 7) is 4.18. The molecule has 1 aromatic carbocycles. The van der Waals surface area contributed by atoms with Crippen molar-refractivity contribution in [3.05, 3.63) is 35.4 Å². The van der Waals surface area contributed by atoms with E-state index in [2.05, 4.69) is 11.4 Å². The molecule has 0 fully saturated rings. The fraction of sp³-hybridized carbons (Fsp3) is 0.500. The molecule has 3 heteroatoms. The molecule has 0 saturated heterocycles. The second-order valence-electron chi connectivity index (χ2n) is 4.38. The van der Waals surface area contributed by atoms with Crippen LogP contribution in [0.15, 0.2) is 24.3 Å². The standard InChI is InChI=1S/C14H21NO2/c1-11-6-5-7-13(10-11)12(2)15-14(17)8-3-4-9-16/h5-7,10,12,16H,3-4,8-9H2,1-2H3,(H,15,17)/t12-/m1/s1. The number of rotatable bonds is 6. The molecule has 94 valence electrons. The number of carbonyl (C=O) groups excluding carboxylic acids is 1. The van der Waals surface area contributed by atoms with E-state index in [1.54, 1.807) is 0 Å². The SMILES string of the molecule is Cc1cccc([C@@H](C)NC(=O)CCCCO)c1. The highest BCUT2D eigenvalue weighted by molar-refractivity contribution is 5.76. The molecular formula is C14H21NO2. The lowest BCUT2D eigenvalue weighted by Crippen LogP contribution is -2.26. The quantitative estimate of drug-likeness (QED) is 0.743. The summed E-state index contributed by atoms with van der Waals surface area (Å²) in [6, 6.07) is 8.18. The number of carbonyl (C=O) groups is 1. The minimum Gasteiger partial charge on any atom is -0.396 e. The highest BCUT2D eigenvalue weighted by Gasteiger charge is 2.08. The number of aryl methyl sites for hydroxylation is 1. The normalized spacial score (nSPS) is 12.2. The van der Waals surface area contributed by atoms with Crippen LogP contribution in [0.3, 0.4) is 0 Å². The maximum Gasteiger partial charge on any atom is 0.220 e. The number of amides is 1. The van der Waals surface area contributed by atoms with E-state index < -0.39 is 0 Å². The Hall–Kier alpha value is -1.35. The molecule has 0 radical (unpaired) electrons. The molecule has 0 spiro atoms. The third-order valence-electron chi connectivity index (χ3n) is 2.73. The Morgan fingerprint density at radius 2 is 2.18 bits per heavy atom. The van der Waals surface area contributed by atoms with E-state index in [1.165, 1.54) is 5.56 Å². The first-order valence-corrected chi connectivity index (χ1v) is 6.10. The molecule has 0 aromatic heterocycles. The Kier molecular flexibility index (Phi) is 5.70. The van der Waals surface area contributed by atoms with Gasteiger partial charge in [-0.1, -0.05) is 29.8 Å². The van der Waals surface area contributed by atoms with E-state index in [1.807, 2.05) is 32.0 Å². The number of hydrogen-bond donors (Lipinski definition) is 2. The van der Waals surface area contributed by atoms with Crippen molar-refractivity contribution in [2.45, 2.75) is 39.2 Å². The average Bonchev–Trinajstić information content (AvgIpc) is 2.29. The number of aliphatic hydroxyl groups excluding tert-OH is 1. The summed E-state index contributed by atoms with van der Waals surface area (Å²) in [5, 5.41) is 11.6. The van der Waals surface area contributed by atoms with Gasteiger partial charge in [0.05, 0.1) is 6.04 Å². The molecular weight excluding hydrogens is 214 g/mol. The Morgan fingerprint density at radius 3 is 2.82 bits per heavy atom. The second kappa shape index (κ2) is 7.07. The first-order chi connectivity index (χ1) is 8.13. The summed E-state index contributed by atoms with van der Waals surface area (Å²) >= 11 is 0. The Bertz CT molecular complexity index is 363. The van der Waals surface area contributed by atoms with Gasteiger partial charge in [-0.15, -0.1) is 0 Å². The molecule has 0 aliphatic heterocycles. The largest absolute Gasteiger partial charge is 0.396 e. The summed E-state index contributed by atoms with van der Waals surface area (Å²) < 4.78 is 0. The van der Waals surface area contributed by atoms with Crippen molar-refractivity contribution in [3.63, 3.8) is 0 Å². The summed E-state index contributed by atoms with van der Waals surface area (Å²) in [6.07, 6.45) is 1.91. The van der Waals surface area contributed by atoms with E-state index in [0.29, 0.717) is 12.8 Å². The third-order valence-corrected chi connectivity index (χ3v) is 2.73. The predicted molar refractivity (Wildman–Crippen MR) is 68.7 cm³/mol. The van der Waals surface area contributed by atoms with E-state index in [9.17, 15) is 4.79 Å². The minimum atomic E-state index is 0.0385. The third kappa shape index (κ3) is 5.00. The molecule has 0 bridgehead atoms. The van der Waals surface area contributed by atoms with Crippen molar-refractivity contribution in [1.82, 2.24) is 5.32 Å². The smallest absolute Gasteiger partial charge is 0.220 e. The Morgan fingerprint density at radius 1 is 1.41 bits per heavy atom. The molecule has 17 heavy (non-hydrogen) atoms. The lowest BCUT2D eigenvalue weighted by Gasteiger charge is -2.14. The number of nitrogens with one attached hydrogen (secondary N) is 1. The van der Waals surface area contributed by atoms with E-state index in [-0.39, 0.29) is 18.6 Å². The molecule has 1 amide bonds. The zero-order valence-corrected chi connectivity index (χ0v) is 10.6. The van der Waals surface area contributed by atoms with Gasteiger partial charge in [-0.05, 0) is 32.3 Å². The highest BCUT2D eigenvalue weighted by atomic mass is 16.2. The summed E-state index contributed by atoms with van der Waals surface area (Å²) in [5.41, 5.74) is 2.32. The van der Waals surface area contributed by atoms with Crippen LogP contribution in [0.2, 0.25) is 0 Å². The number of hydrogen-bond acceptors (Lipinski definition) is 2. The van der Waals surface area contributed by atoms with Crippen LogP contribution in [0.25, 0.3) is 0 Å². The van der Waals surface area contributed by atoms with Crippen LogP contribution in [0.5, 0.6) is 0 Å². The maximum absolute atomic E-state index is 11.6. The van der Waals surface area contributed by atoms with Gasteiger partial charge >= 0.3 is 0 Å². The van der Waals surface area contributed by atoms with Crippen LogP contribution in [-0.2, 0) is 4.79 Å². The van der Waals surface area contributed by atoms with Crippen LogP contribution >= 0.6 is 0 Å². The van der Waals surface area contributed by atoms with Crippen LogP contribution in [-0.4, -0.2) is 17.6 Å². The Labute approximate surface area is 103 Å². The van der Waals surface area contributed by atoms with Crippen molar-refractivity contribution >= 4 is 5.91 Å². The highest BCUT2D eigenvalue weighted by Crippen LogP contribution is 2.13. The first-order valence-electron chi connectivity index (χ1n) is 6.10. The van der Waals surface area contributed by atoms with Gasteiger partial charge in [-0.25, -0.2) is 0 Å². The van der Waals surface area contributed by atoms with Crippen molar-refractivity contribution in [1.29, 1.82) is 0 Å². The van der Waals surface area contributed by atoms with Gasteiger partial charge in [0.2, 0.25) is 5.91 Å². The molecule has 1 aromatic rings. The molecule has 1 atom stereocenters. The van der Waals surface area contributed by atoms with Gasteiger partial charge in [0.15, 0.2) is 0 Å². The number of unbranched alkanes of at least 4 members (excludes halogenated alkanes) is 1. The van der Waals surface area contributed by atoms with Crippen molar-refractivity contribution in [3.8, 4) is 0 Å². The Balaban J connectivity index is 2.43. The van der Waals surface area contributed by atoms with Gasteiger partial charge in [0.1, 0.15) is 0 Å². The summed E-state index contributed by atoms with van der Waals surface area (Å²) in [4.78, 5) is 11.6. The van der Waals surface area contributed by atoms with Crippen molar-refractivity contribution in [2.75, 3.05) is 6.61 Å². The summed E-state index contributed by atoms with van der Waals surface area (Å²) in [5.74, 6) is 0.0486. The number of aliphatic hydroxyl groups is 1. The van der Waals surface area contributed by atoms with Gasteiger partial charge in [0, 0.05) is 13.0 Å². The van der Waals surface area contributed by atoms with Crippen LogP contribution in [0.1, 0.15) is 43.4 Å². The zero-order valence-electron chi connectivity index (χ0n) is 10.6. The van der Waals surface area contributed by atoms with Crippen molar-refractivity contribution < 1.29 is 9.90 Å². The zero-order chi connectivity index (χ0) is 12.7. The van der Waals surface area contributed by atoms with E-state index >= 15 is 0 Å². The van der Waals surface area contributed by atoms with Gasteiger partial charge in [0.25, 0.3) is 0 Å². The average molecular weight is 235 g/mol. The van der Waals surface area contributed by atoms with Crippen molar-refractivity contribution in [2.24, 2.45) is 0 Å². The molecule has 3 nitrogen and oxygen atoms in total. The van der Waals surface area contributed by atoms with Crippen LogP contribution < -0.4 is 5.32 Å². The molecule has 0 saturated carbocycles. The molecule has 0 aliphatic carbocycles. The molecule has 0 unspecified atom stereocenters. The fourth-order valence-corrected chi connectivity index (χ4v) is 1.73. The topological polar surface area (TPSA) is 49.3 Å². The fourth-order valence-electron chi connectivity index (χ4n) is 1.73. The molecule has 0 heterocycles. The predicted octanol–water partition coefficient (Wildman–Crippen LogP) is 2.33. The van der Waals surface area contributed by atoms with E-state index in [4.69, 9.17) is 5.11 Å². The molecule has 0 aliphatic rings. The monoisotopic (exact) mass is 235 g/mol. The van der Waals surface area contributed by atoms with E-state index in [0.717, 1.165) is 12.0 Å².